The molecule has 0 radical (unpaired) electrons. The molecule has 1 spiro atoms. The van der Waals surface area contributed by atoms with Gasteiger partial charge in [0.05, 0.1) is 30.4 Å². The van der Waals surface area contributed by atoms with E-state index in [0.29, 0.717) is 25.3 Å². The molecule has 1 aliphatic carbocycles. The van der Waals surface area contributed by atoms with Crippen molar-refractivity contribution in [3.63, 3.8) is 0 Å². The van der Waals surface area contributed by atoms with Gasteiger partial charge in [-0.15, -0.1) is 0 Å². The number of benzene rings is 2. The molecule has 3 amide bonds. The maximum Gasteiger partial charge on any atom is 0.256 e. The van der Waals surface area contributed by atoms with E-state index in [4.69, 9.17) is 9.42 Å². The van der Waals surface area contributed by atoms with Crippen molar-refractivity contribution in [2.75, 3.05) is 11.5 Å². The van der Waals surface area contributed by atoms with Gasteiger partial charge < -0.3 is 4.43 Å². The van der Waals surface area contributed by atoms with Crippen molar-refractivity contribution in [3.8, 4) is 0 Å². The zero-order valence-corrected chi connectivity index (χ0v) is 23.2. The highest BCUT2D eigenvalue weighted by molar-refractivity contribution is 6.74. The topological polar surface area (TPSA) is 79.3 Å². The van der Waals surface area contributed by atoms with Crippen LogP contribution in [0.3, 0.4) is 0 Å². The van der Waals surface area contributed by atoms with Gasteiger partial charge in [0, 0.05) is 6.61 Å². The van der Waals surface area contributed by atoms with Crippen LogP contribution >= 0.6 is 0 Å². The van der Waals surface area contributed by atoms with Crippen molar-refractivity contribution in [2.24, 2.45) is 22.7 Å². The molecule has 2 fully saturated rings. The van der Waals surface area contributed by atoms with E-state index in [1.165, 1.54) is 4.90 Å². The van der Waals surface area contributed by atoms with E-state index >= 15 is 0 Å². The summed E-state index contributed by atoms with van der Waals surface area (Å²) in [6, 6.07) is 18.7. The average Bonchev–Trinajstić information content (AvgIpc) is 3.45. The maximum atomic E-state index is 14.0. The molecule has 2 unspecified atom stereocenters. The maximum absolute atomic E-state index is 14.0. The molecule has 4 atom stereocenters. The molecule has 0 N–H and O–H groups in total. The predicted octanol–water partition coefficient (Wildman–Crippen LogP) is 4.64. The molecule has 2 aromatic rings. The zero-order valence-electron chi connectivity index (χ0n) is 22.2. The monoisotopic (exact) mass is 517 g/mol. The number of rotatable bonds is 6. The number of amides is 3. The fourth-order valence-corrected chi connectivity index (χ4v) is 6.69. The van der Waals surface area contributed by atoms with Crippen molar-refractivity contribution < 1.29 is 18.8 Å². The first-order valence-corrected chi connectivity index (χ1v) is 15.8. The zero-order chi connectivity index (χ0) is 26.6. The molecule has 0 bridgehead atoms. The number of para-hydroxylation sites is 1. The molecular weight excluding hydrogens is 482 g/mol. The van der Waals surface area contributed by atoms with Crippen LogP contribution in [0, 0.1) is 17.8 Å². The highest BCUT2D eigenvalue weighted by Crippen LogP contribution is 2.55. The number of hydrogen-bond donors (Lipinski definition) is 0. The lowest BCUT2D eigenvalue weighted by Crippen LogP contribution is -2.48. The van der Waals surface area contributed by atoms with E-state index in [2.05, 4.69) is 33.9 Å². The average molecular weight is 518 g/mol. The first kappa shape index (κ1) is 25.5. The Morgan fingerprint density at radius 3 is 2.22 bits per heavy atom. The van der Waals surface area contributed by atoms with Crippen LogP contribution in [0.5, 0.6) is 0 Å². The van der Waals surface area contributed by atoms with E-state index in [9.17, 15) is 14.4 Å². The van der Waals surface area contributed by atoms with E-state index in [1.54, 1.807) is 35.5 Å². The van der Waals surface area contributed by atoms with Gasteiger partial charge in [0.15, 0.2) is 13.9 Å². The van der Waals surface area contributed by atoms with Crippen molar-refractivity contribution in [2.45, 2.75) is 57.4 Å². The second-order valence-electron chi connectivity index (χ2n) is 12.0. The van der Waals surface area contributed by atoms with Crippen molar-refractivity contribution in [1.82, 2.24) is 4.90 Å². The standard InChI is InChI=1S/C29H35N3O4Si/c1-28(2,3)37(4,5)36-18-21-16-29(27(35)31(19-30-29)17-20-12-8-6-9-13-20)24-23(21)25(33)32(26(24)34)22-14-10-7-11-15-22/h6-15,19,21,23-24H,16-18H2,1-5H3/t21-,23?,24?,29-/m1/s1. The van der Waals surface area contributed by atoms with Gasteiger partial charge in [-0.2, -0.15) is 0 Å². The summed E-state index contributed by atoms with van der Waals surface area (Å²) in [4.78, 5) is 49.3. The summed E-state index contributed by atoms with van der Waals surface area (Å²) in [5.74, 6) is -2.57. The molecule has 7 nitrogen and oxygen atoms in total. The minimum Gasteiger partial charge on any atom is -0.417 e. The summed E-state index contributed by atoms with van der Waals surface area (Å²) >= 11 is 0. The predicted molar refractivity (Wildman–Crippen MR) is 145 cm³/mol. The Kier molecular flexibility index (Phi) is 6.23. The molecular formula is C29H35N3O4Si. The summed E-state index contributed by atoms with van der Waals surface area (Å²) in [6.45, 7) is 11.6. The molecule has 2 aliphatic heterocycles. The van der Waals surface area contributed by atoms with Crippen molar-refractivity contribution in [3.05, 3.63) is 66.2 Å². The van der Waals surface area contributed by atoms with Crippen LogP contribution in [0.25, 0.3) is 0 Å². The van der Waals surface area contributed by atoms with E-state index in [-0.39, 0.29) is 28.7 Å². The molecule has 2 heterocycles. The first-order chi connectivity index (χ1) is 17.5. The third-order valence-corrected chi connectivity index (χ3v) is 13.2. The Morgan fingerprint density at radius 1 is 0.973 bits per heavy atom. The Balaban J connectivity index is 1.49. The minimum atomic E-state index is -2.11. The number of carbonyl (C=O) groups is 3. The number of fused-ring (bicyclic) bond motifs is 2. The van der Waals surface area contributed by atoms with Crippen LogP contribution < -0.4 is 4.90 Å². The quantitative estimate of drug-likeness (QED) is 0.413. The lowest BCUT2D eigenvalue weighted by molar-refractivity contribution is -0.136. The fraction of sp³-hybridized carbons (Fsp3) is 0.448. The summed E-state index contributed by atoms with van der Waals surface area (Å²) < 4.78 is 6.55. The first-order valence-electron chi connectivity index (χ1n) is 12.9. The van der Waals surface area contributed by atoms with Crippen LogP contribution in [0.15, 0.2) is 65.7 Å². The number of anilines is 1. The lowest BCUT2D eigenvalue weighted by Gasteiger charge is -2.37. The lowest BCUT2D eigenvalue weighted by atomic mass is 9.84. The molecule has 5 rings (SSSR count). The van der Waals surface area contributed by atoms with Crippen LogP contribution in [0.2, 0.25) is 18.1 Å². The van der Waals surface area contributed by atoms with E-state index < -0.39 is 25.7 Å². The summed E-state index contributed by atoms with van der Waals surface area (Å²) in [5, 5.41) is 0.00207. The molecule has 2 aromatic carbocycles. The van der Waals surface area contributed by atoms with Crippen LogP contribution in [-0.4, -0.2) is 49.4 Å². The Morgan fingerprint density at radius 2 is 1.59 bits per heavy atom. The number of carbonyl (C=O) groups excluding carboxylic acids is 3. The molecule has 3 aliphatic rings. The number of aliphatic imine (C=N–C) groups is 1. The minimum absolute atomic E-state index is 0.00207. The molecule has 8 heteroatoms. The highest BCUT2D eigenvalue weighted by atomic mass is 28.4. The van der Waals surface area contributed by atoms with Gasteiger partial charge in [0.2, 0.25) is 11.8 Å². The largest absolute Gasteiger partial charge is 0.417 e. The normalized spacial score (nSPS) is 27.6. The van der Waals surface area contributed by atoms with Gasteiger partial charge in [-0.25, -0.2) is 4.90 Å². The van der Waals surface area contributed by atoms with Gasteiger partial charge >= 0.3 is 0 Å². The molecule has 37 heavy (non-hydrogen) atoms. The van der Waals surface area contributed by atoms with Gasteiger partial charge in [0.1, 0.15) is 0 Å². The third kappa shape index (κ3) is 4.16. The van der Waals surface area contributed by atoms with Crippen LogP contribution in [0.4, 0.5) is 5.69 Å². The molecule has 0 aromatic heterocycles. The third-order valence-electron chi connectivity index (χ3n) is 8.68. The SMILES string of the molecule is CC(C)(C)[Si](C)(C)OC[C@H]1C[C@@]2(N=CN(Cc3ccccc3)C2=O)C2C(=O)N(c3ccccc3)C(=O)C21. The second kappa shape index (κ2) is 9.03. The van der Waals surface area contributed by atoms with Gasteiger partial charge in [-0.1, -0.05) is 69.3 Å². The van der Waals surface area contributed by atoms with Crippen molar-refractivity contribution >= 4 is 38.1 Å². The van der Waals surface area contributed by atoms with Gasteiger partial charge in [-0.3, -0.25) is 24.3 Å². The molecule has 1 saturated heterocycles. The van der Waals surface area contributed by atoms with E-state index in [1.807, 2.05) is 36.4 Å². The molecule has 194 valence electrons. The van der Waals surface area contributed by atoms with Crippen LogP contribution in [0.1, 0.15) is 32.8 Å². The second-order valence-corrected chi connectivity index (χ2v) is 16.8. The van der Waals surface area contributed by atoms with Gasteiger partial charge in [0.25, 0.3) is 5.91 Å². The summed E-state index contributed by atoms with van der Waals surface area (Å²) in [7, 11) is -2.11. The fourth-order valence-electron chi connectivity index (χ4n) is 5.62. The van der Waals surface area contributed by atoms with Crippen LogP contribution in [-0.2, 0) is 25.4 Å². The Labute approximate surface area is 219 Å². The molecule has 1 saturated carbocycles. The smallest absolute Gasteiger partial charge is 0.256 e. The van der Waals surface area contributed by atoms with E-state index in [0.717, 1.165) is 5.56 Å². The highest BCUT2D eigenvalue weighted by Gasteiger charge is 2.70. The Hall–Kier alpha value is -3.10. The Bertz CT molecular complexity index is 1240. The van der Waals surface area contributed by atoms with Gasteiger partial charge in [-0.05, 0) is 48.2 Å². The number of hydrogen-bond acceptors (Lipinski definition) is 5. The number of imide groups is 1. The summed E-state index contributed by atoms with van der Waals surface area (Å²) in [6.07, 6.45) is 1.89. The number of nitrogens with zero attached hydrogens (tertiary/aromatic N) is 3. The van der Waals surface area contributed by atoms with Crippen molar-refractivity contribution in [1.29, 1.82) is 0 Å². The summed E-state index contributed by atoms with van der Waals surface area (Å²) in [5.41, 5.74) is 0.227.